The van der Waals surface area contributed by atoms with Gasteiger partial charge in [-0.05, 0) is 5.92 Å². The highest BCUT2D eigenvalue weighted by Crippen LogP contribution is 2.27. The lowest BCUT2D eigenvalue weighted by atomic mass is 10.2. The molecule has 1 aromatic heterocycles. The Bertz CT molecular complexity index is 375. The minimum atomic E-state index is -0.538. The van der Waals surface area contributed by atoms with Crippen LogP contribution in [0.3, 0.4) is 0 Å². The molecule has 1 fully saturated rings. The molecule has 1 aliphatic rings. The molecular weight excluding hydrogens is 212 g/mol. The standard InChI is InChI=1S/C10H14N2O2S/c1-6(2)8-5-15-10(11-8)12-4-7(13)3-9(12)14/h5-7,13H,3-4H2,1-2H3. The van der Waals surface area contributed by atoms with Gasteiger partial charge in [-0.1, -0.05) is 13.8 Å². The van der Waals surface area contributed by atoms with Gasteiger partial charge in [-0.3, -0.25) is 9.69 Å². The molecule has 0 radical (unpaired) electrons. The van der Waals surface area contributed by atoms with E-state index < -0.39 is 6.10 Å². The van der Waals surface area contributed by atoms with Crippen molar-refractivity contribution in [1.29, 1.82) is 0 Å². The summed E-state index contributed by atoms with van der Waals surface area (Å²) in [6.45, 7) is 4.52. The summed E-state index contributed by atoms with van der Waals surface area (Å²) in [7, 11) is 0. The van der Waals surface area contributed by atoms with Gasteiger partial charge in [0, 0.05) is 5.38 Å². The van der Waals surface area contributed by atoms with Gasteiger partial charge >= 0.3 is 0 Å². The predicted molar refractivity (Wildman–Crippen MR) is 59.2 cm³/mol. The number of nitrogens with zero attached hydrogens (tertiary/aromatic N) is 2. The highest BCUT2D eigenvalue weighted by Gasteiger charge is 2.30. The quantitative estimate of drug-likeness (QED) is 0.828. The van der Waals surface area contributed by atoms with Gasteiger partial charge < -0.3 is 5.11 Å². The minimum Gasteiger partial charge on any atom is -0.391 e. The van der Waals surface area contributed by atoms with Crippen molar-refractivity contribution in [3.8, 4) is 0 Å². The largest absolute Gasteiger partial charge is 0.391 e. The number of aliphatic hydroxyl groups is 1. The third-order valence-electron chi connectivity index (χ3n) is 2.44. The van der Waals surface area contributed by atoms with Crippen LogP contribution < -0.4 is 4.90 Å². The number of aliphatic hydroxyl groups excluding tert-OH is 1. The van der Waals surface area contributed by atoms with Gasteiger partial charge in [-0.15, -0.1) is 11.3 Å². The highest BCUT2D eigenvalue weighted by atomic mass is 32.1. The Balaban J connectivity index is 2.19. The maximum absolute atomic E-state index is 11.5. The second-order valence-corrected chi connectivity index (χ2v) is 4.91. The monoisotopic (exact) mass is 226 g/mol. The molecule has 1 unspecified atom stereocenters. The van der Waals surface area contributed by atoms with Crippen molar-refractivity contribution >= 4 is 22.4 Å². The van der Waals surface area contributed by atoms with Crippen molar-refractivity contribution < 1.29 is 9.90 Å². The SMILES string of the molecule is CC(C)c1csc(N2CC(O)CC2=O)n1. The normalized spacial score (nSPS) is 21.7. The lowest BCUT2D eigenvalue weighted by Crippen LogP contribution is -2.25. The number of amides is 1. The first-order chi connectivity index (χ1) is 7.08. The van der Waals surface area contributed by atoms with Crippen molar-refractivity contribution in [2.75, 3.05) is 11.4 Å². The minimum absolute atomic E-state index is 0.0350. The zero-order valence-corrected chi connectivity index (χ0v) is 9.62. The summed E-state index contributed by atoms with van der Waals surface area (Å²) in [5, 5.41) is 12.0. The van der Waals surface area contributed by atoms with Crippen LogP contribution in [-0.4, -0.2) is 28.6 Å². The Labute approximate surface area is 92.6 Å². The number of β-amino-alcohol motifs (C(OH)–C–C–N with tert-alkyl or cyclic N) is 1. The van der Waals surface area contributed by atoms with E-state index in [4.69, 9.17) is 0 Å². The topological polar surface area (TPSA) is 53.4 Å². The first-order valence-corrected chi connectivity index (χ1v) is 5.89. The summed E-state index contributed by atoms with van der Waals surface area (Å²) in [5.74, 6) is 0.338. The van der Waals surface area contributed by atoms with Crippen molar-refractivity contribution in [3.63, 3.8) is 0 Å². The van der Waals surface area contributed by atoms with Crippen LogP contribution in [-0.2, 0) is 4.79 Å². The Morgan fingerprint density at radius 3 is 2.87 bits per heavy atom. The van der Waals surface area contributed by atoms with Crippen LogP contribution in [0.25, 0.3) is 0 Å². The van der Waals surface area contributed by atoms with Crippen LogP contribution >= 0.6 is 11.3 Å². The molecule has 1 aliphatic heterocycles. The van der Waals surface area contributed by atoms with Crippen molar-refractivity contribution in [2.45, 2.75) is 32.3 Å². The number of hydrogen-bond donors (Lipinski definition) is 1. The molecule has 1 atom stereocenters. The summed E-state index contributed by atoms with van der Waals surface area (Å²) in [4.78, 5) is 17.5. The molecule has 2 heterocycles. The maximum atomic E-state index is 11.5. The predicted octanol–water partition coefficient (Wildman–Crippen LogP) is 1.36. The van der Waals surface area contributed by atoms with E-state index in [1.807, 2.05) is 5.38 Å². The summed E-state index contributed by atoms with van der Waals surface area (Å²) in [6, 6.07) is 0. The van der Waals surface area contributed by atoms with Crippen LogP contribution in [0.1, 0.15) is 31.9 Å². The van der Waals surface area contributed by atoms with Gasteiger partial charge in [0.2, 0.25) is 5.91 Å². The number of rotatable bonds is 2. The van der Waals surface area contributed by atoms with Gasteiger partial charge in [0.1, 0.15) is 0 Å². The van der Waals surface area contributed by atoms with Crippen LogP contribution in [0.15, 0.2) is 5.38 Å². The molecule has 15 heavy (non-hydrogen) atoms. The molecule has 0 spiro atoms. The summed E-state index contributed by atoms with van der Waals surface area (Å²) < 4.78 is 0. The molecule has 82 valence electrons. The number of thiazole rings is 1. The van der Waals surface area contributed by atoms with Gasteiger partial charge in [0.15, 0.2) is 5.13 Å². The first kappa shape index (κ1) is 10.6. The Hall–Kier alpha value is -0.940. The van der Waals surface area contributed by atoms with Crippen LogP contribution in [0.5, 0.6) is 0 Å². The van der Waals surface area contributed by atoms with Crippen LogP contribution in [0.4, 0.5) is 5.13 Å². The highest BCUT2D eigenvalue weighted by molar-refractivity contribution is 7.14. The van der Waals surface area contributed by atoms with Gasteiger partial charge in [0.25, 0.3) is 0 Å². The Kier molecular flexibility index (Phi) is 2.75. The van der Waals surface area contributed by atoms with Crippen molar-refractivity contribution in [3.05, 3.63) is 11.1 Å². The Morgan fingerprint density at radius 2 is 2.40 bits per heavy atom. The van der Waals surface area contributed by atoms with Gasteiger partial charge in [-0.2, -0.15) is 0 Å². The second kappa shape index (κ2) is 3.90. The third-order valence-corrected chi connectivity index (χ3v) is 3.32. The fraction of sp³-hybridized carbons (Fsp3) is 0.600. The number of hydrogen-bond acceptors (Lipinski definition) is 4. The number of carbonyl (C=O) groups is 1. The fourth-order valence-corrected chi connectivity index (χ4v) is 2.55. The fourth-order valence-electron chi connectivity index (χ4n) is 1.54. The summed E-state index contributed by atoms with van der Waals surface area (Å²) >= 11 is 1.46. The molecule has 0 aromatic carbocycles. The average Bonchev–Trinajstić information content (AvgIpc) is 2.71. The molecule has 4 nitrogen and oxygen atoms in total. The summed E-state index contributed by atoms with van der Waals surface area (Å²) in [5.41, 5.74) is 1.00. The molecule has 5 heteroatoms. The molecule has 1 aromatic rings. The number of aromatic nitrogens is 1. The molecule has 0 aliphatic carbocycles. The van der Waals surface area contributed by atoms with Gasteiger partial charge in [-0.25, -0.2) is 4.98 Å². The van der Waals surface area contributed by atoms with Gasteiger partial charge in [0.05, 0.1) is 24.8 Å². The van der Waals surface area contributed by atoms with Crippen molar-refractivity contribution in [2.24, 2.45) is 0 Å². The number of carbonyl (C=O) groups excluding carboxylic acids is 1. The smallest absolute Gasteiger partial charge is 0.231 e. The van der Waals surface area contributed by atoms with E-state index >= 15 is 0 Å². The lowest BCUT2D eigenvalue weighted by Gasteiger charge is -2.11. The molecule has 0 saturated carbocycles. The molecule has 0 bridgehead atoms. The lowest BCUT2D eigenvalue weighted by molar-refractivity contribution is -0.117. The van der Waals surface area contributed by atoms with E-state index in [-0.39, 0.29) is 12.3 Å². The van der Waals surface area contributed by atoms with E-state index in [1.54, 1.807) is 4.90 Å². The van der Waals surface area contributed by atoms with Crippen LogP contribution in [0, 0.1) is 0 Å². The zero-order chi connectivity index (χ0) is 11.0. The molecular formula is C10H14N2O2S. The number of anilines is 1. The van der Waals surface area contributed by atoms with E-state index in [0.29, 0.717) is 17.6 Å². The summed E-state index contributed by atoms with van der Waals surface area (Å²) in [6.07, 6.45) is -0.319. The van der Waals surface area contributed by atoms with E-state index in [1.165, 1.54) is 11.3 Å². The van der Waals surface area contributed by atoms with E-state index in [0.717, 1.165) is 5.69 Å². The van der Waals surface area contributed by atoms with Crippen molar-refractivity contribution in [1.82, 2.24) is 4.98 Å². The molecule has 1 saturated heterocycles. The van der Waals surface area contributed by atoms with Crippen LogP contribution in [0.2, 0.25) is 0 Å². The second-order valence-electron chi connectivity index (χ2n) is 4.07. The zero-order valence-electron chi connectivity index (χ0n) is 8.80. The first-order valence-electron chi connectivity index (χ1n) is 5.01. The average molecular weight is 226 g/mol. The third kappa shape index (κ3) is 2.03. The molecule has 2 rings (SSSR count). The molecule has 1 amide bonds. The Morgan fingerprint density at radius 1 is 1.67 bits per heavy atom. The van der Waals surface area contributed by atoms with E-state index in [9.17, 15) is 9.90 Å². The van der Waals surface area contributed by atoms with E-state index in [2.05, 4.69) is 18.8 Å². The maximum Gasteiger partial charge on any atom is 0.231 e. The molecule has 1 N–H and O–H groups in total.